The highest BCUT2D eigenvalue weighted by molar-refractivity contribution is 5.17. The van der Waals surface area contributed by atoms with Gasteiger partial charge in [0.25, 0.3) is 5.92 Å². The minimum absolute atomic E-state index is 0.618. The van der Waals surface area contributed by atoms with Gasteiger partial charge in [-0.3, -0.25) is 4.98 Å². The Morgan fingerprint density at radius 2 is 2.09 bits per heavy atom. The van der Waals surface area contributed by atoms with Crippen molar-refractivity contribution in [3.05, 3.63) is 29.8 Å². The number of pyridine rings is 1. The van der Waals surface area contributed by atoms with E-state index in [2.05, 4.69) is 4.98 Å². The van der Waals surface area contributed by atoms with Gasteiger partial charge < -0.3 is 0 Å². The maximum atomic E-state index is 12.5. The molecule has 4 heteroatoms. The van der Waals surface area contributed by atoms with Gasteiger partial charge in [-0.25, -0.2) is 13.2 Å². The Hall–Kier alpha value is -1.06. The average molecular weight is 161 g/mol. The van der Waals surface area contributed by atoms with Crippen molar-refractivity contribution in [2.45, 2.75) is 12.8 Å². The van der Waals surface area contributed by atoms with E-state index >= 15 is 0 Å². The molecule has 0 bridgehead atoms. The molecule has 1 aromatic rings. The van der Waals surface area contributed by atoms with Crippen molar-refractivity contribution in [1.82, 2.24) is 4.98 Å². The molecule has 0 aliphatic carbocycles. The second-order valence-corrected chi connectivity index (χ2v) is 2.24. The third kappa shape index (κ3) is 1.69. The summed E-state index contributed by atoms with van der Waals surface area (Å²) in [5, 5.41) is 0. The SMILES string of the molecule is CC(F)(F)c1ccncc1F. The van der Waals surface area contributed by atoms with E-state index in [1.807, 2.05) is 0 Å². The van der Waals surface area contributed by atoms with Crippen molar-refractivity contribution in [2.75, 3.05) is 0 Å². The maximum absolute atomic E-state index is 12.5. The summed E-state index contributed by atoms with van der Waals surface area (Å²) in [5.74, 6) is -4.10. The lowest BCUT2D eigenvalue weighted by atomic mass is 10.1. The molecule has 0 aliphatic heterocycles. The first kappa shape index (κ1) is 8.04. The van der Waals surface area contributed by atoms with Crippen LogP contribution in [0.15, 0.2) is 18.5 Å². The Balaban J connectivity index is 3.14. The molecule has 0 atom stereocenters. The molecule has 0 unspecified atom stereocenters. The van der Waals surface area contributed by atoms with Gasteiger partial charge in [0, 0.05) is 13.1 Å². The largest absolute Gasteiger partial charge is 0.273 e. The minimum Gasteiger partial charge on any atom is -0.262 e. The van der Waals surface area contributed by atoms with Gasteiger partial charge in [-0.15, -0.1) is 0 Å². The summed E-state index contributed by atoms with van der Waals surface area (Å²) >= 11 is 0. The molecule has 0 spiro atoms. The van der Waals surface area contributed by atoms with Gasteiger partial charge in [0.05, 0.1) is 11.8 Å². The third-order valence-electron chi connectivity index (χ3n) is 1.25. The number of nitrogens with zero attached hydrogens (tertiary/aromatic N) is 1. The van der Waals surface area contributed by atoms with Gasteiger partial charge in [0.1, 0.15) is 0 Å². The van der Waals surface area contributed by atoms with Crippen LogP contribution in [0.1, 0.15) is 12.5 Å². The van der Waals surface area contributed by atoms with Crippen LogP contribution in [-0.2, 0) is 5.92 Å². The van der Waals surface area contributed by atoms with Crippen molar-refractivity contribution in [3.8, 4) is 0 Å². The number of halogens is 3. The summed E-state index contributed by atoms with van der Waals surface area (Å²) in [6.07, 6.45) is 1.91. The van der Waals surface area contributed by atoms with Crippen LogP contribution in [0, 0.1) is 5.82 Å². The number of rotatable bonds is 1. The Kier molecular flexibility index (Phi) is 1.85. The lowest BCUT2D eigenvalue weighted by molar-refractivity contribution is 0.0136. The number of hydrogen-bond acceptors (Lipinski definition) is 1. The van der Waals surface area contributed by atoms with Crippen LogP contribution in [0.2, 0.25) is 0 Å². The van der Waals surface area contributed by atoms with Gasteiger partial charge >= 0.3 is 0 Å². The molecule has 0 saturated heterocycles. The molecule has 0 aromatic carbocycles. The second kappa shape index (κ2) is 2.53. The molecule has 11 heavy (non-hydrogen) atoms. The molecule has 0 aliphatic rings. The lowest BCUT2D eigenvalue weighted by Crippen LogP contribution is -2.09. The molecule has 60 valence electrons. The van der Waals surface area contributed by atoms with Crippen LogP contribution < -0.4 is 0 Å². The quantitative estimate of drug-likeness (QED) is 0.616. The van der Waals surface area contributed by atoms with E-state index < -0.39 is 17.3 Å². The number of alkyl halides is 2. The Labute approximate surface area is 61.9 Å². The lowest BCUT2D eigenvalue weighted by Gasteiger charge is -2.09. The van der Waals surface area contributed by atoms with Crippen LogP contribution in [0.4, 0.5) is 13.2 Å². The fourth-order valence-electron chi connectivity index (χ4n) is 0.731. The van der Waals surface area contributed by atoms with E-state index in [0.29, 0.717) is 6.92 Å². The van der Waals surface area contributed by atoms with Gasteiger partial charge in [0.2, 0.25) is 0 Å². The summed E-state index contributed by atoms with van der Waals surface area (Å²) in [4.78, 5) is 3.35. The molecule has 0 amide bonds. The van der Waals surface area contributed by atoms with Crippen molar-refractivity contribution in [2.24, 2.45) is 0 Å². The molecule has 1 nitrogen and oxygen atoms in total. The highest BCUT2D eigenvalue weighted by Gasteiger charge is 2.27. The number of hydrogen-bond donors (Lipinski definition) is 0. The van der Waals surface area contributed by atoms with Crippen molar-refractivity contribution in [3.63, 3.8) is 0 Å². The highest BCUT2D eigenvalue weighted by Crippen LogP contribution is 2.27. The molecule has 0 saturated carbocycles. The molecule has 1 rings (SSSR count). The van der Waals surface area contributed by atoms with E-state index in [1.165, 1.54) is 0 Å². The first-order chi connectivity index (χ1) is 5.02. The second-order valence-electron chi connectivity index (χ2n) is 2.24. The highest BCUT2D eigenvalue weighted by atomic mass is 19.3. The molecule has 0 radical (unpaired) electrons. The summed E-state index contributed by atoms with van der Waals surface area (Å²) < 4.78 is 37.4. The summed E-state index contributed by atoms with van der Waals surface area (Å²) in [6, 6.07) is 0.968. The molecule has 0 fully saturated rings. The molecule has 1 aromatic heterocycles. The topological polar surface area (TPSA) is 12.9 Å². The third-order valence-corrected chi connectivity index (χ3v) is 1.25. The first-order valence-corrected chi connectivity index (χ1v) is 2.99. The van der Waals surface area contributed by atoms with Gasteiger partial charge in [0.15, 0.2) is 5.82 Å². The van der Waals surface area contributed by atoms with Crippen molar-refractivity contribution >= 4 is 0 Å². The van der Waals surface area contributed by atoms with Crippen LogP contribution in [0.25, 0.3) is 0 Å². The van der Waals surface area contributed by atoms with E-state index in [9.17, 15) is 13.2 Å². The van der Waals surface area contributed by atoms with Crippen molar-refractivity contribution in [1.29, 1.82) is 0 Å². The maximum Gasteiger partial charge on any atom is 0.273 e. The normalized spacial score (nSPS) is 11.6. The van der Waals surface area contributed by atoms with Crippen LogP contribution in [0.5, 0.6) is 0 Å². The van der Waals surface area contributed by atoms with E-state index in [0.717, 1.165) is 18.5 Å². The van der Waals surface area contributed by atoms with Gasteiger partial charge in [-0.05, 0) is 6.07 Å². The zero-order chi connectivity index (χ0) is 8.48. The van der Waals surface area contributed by atoms with Crippen molar-refractivity contribution < 1.29 is 13.2 Å². The Morgan fingerprint density at radius 3 is 2.45 bits per heavy atom. The standard InChI is InChI=1S/C7H6F3N/c1-7(9,10)5-2-3-11-4-6(5)8/h2-4H,1H3. The first-order valence-electron chi connectivity index (χ1n) is 2.99. The number of aromatic nitrogens is 1. The van der Waals surface area contributed by atoms with Crippen LogP contribution >= 0.6 is 0 Å². The minimum atomic E-state index is -3.13. The van der Waals surface area contributed by atoms with E-state index in [4.69, 9.17) is 0 Å². The zero-order valence-electron chi connectivity index (χ0n) is 5.81. The van der Waals surface area contributed by atoms with E-state index in [-0.39, 0.29) is 0 Å². The predicted octanol–water partition coefficient (Wildman–Crippen LogP) is 2.33. The fourth-order valence-corrected chi connectivity index (χ4v) is 0.731. The molecular weight excluding hydrogens is 155 g/mol. The Bertz CT molecular complexity index is 254. The monoisotopic (exact) mass is 161 g/mol. The van der Waals surface area contributed by atoms with Gasteiger partial charge in [-0.1, -0.05) is 0 Å². The zero-order valence-corrected chi connectivity index (χ0v) is 5.81. The van der Waals surface area contributed by atoms with Crippen LogP contribution in [0.3, 0.4) is 0 Å². The molecule has 1 heterocycles. The van der Waals surface area contributed by atoms with E-state index in [1.54, 1.807) is 0 Å². The average Bonchev–Trinajstić information content (AvgIpc) is 1.86. The van der Waals surface area contributed by atoms with Crippen LogP contribution in [-0.4, -0.2) is 4.98 Å². The Morgan fingerprint density at radius 1 is 1.45 bits per heavy atom. The molecular formula is C7H6F3N. The summed E-state index contributed by atoms with van der Waals surface area (Å²) in [6.45, 7) is 0.644. The smallest absolute Gasteiger partial charge is 0.262 e. The predicted molar refractivity (Wildman–Crippen MR) is 33.8 cm³/mol. The molecule has 0 N–H and O–H groups in total. The summed E-state index contributed by atoms with van der Waals surface area (Å²) in [5.41, 5.74) is -0.618. The van der Waals surface area contributed by atoms with Gasteiger partial charge in [-0.2, -0.15) is 0 Å². The fraction of sp³-hybridized carbons (Fsp3) is 0.286. The summed E-state index contributed by atoms with van der Waals surface area (Å²) in [7, 11) is 0.